The van der Waals surface area contributed by atoms with Crippen LogP contribution in [0.5, 0.6) is 0 Å². The van der Waals surface area contributed by atoms with Crippen LogP contribution < -0.4 is 0 Å². The van der Waals surface area contributed by atoms with E-state index in [2.05, 4.69) is 18.7 Å². The van der Waals surface area contributed by atoms with Gasteiger partial charge in [0.15, 0.2) is 0 Å². The van der Waals surface area contributed by atoms with Crippen molar-refractivity contribution in [2.24, 2.45) is 0 Å². The van der Waals surface area contributed by atoms with Crippen molar-refractivity contribution < 1.29 is 4.79 Å². The third-order valence-electron chi connectivity index (χ3n) is 2.95. The van der Waals surface area contributed by atoms with E-state index in [4.69, 9.17) is 0 Å². The molecular weight excluding hydrogens is 242 g/mol. The van der Waals surface area contributed by atoms with Gasteiger partial charge in [0, 0.05) is 18.7 Å². The smallest absolute Gasteiger partial charge is 0.147 e. The molecule has 0 atom stereocenters. The lowest BCUT2D eigenvalue weighted by Crippen LogP contribution is -2.25. The quantitative estimate of drug-likeness (QED) is 0.640. The Morgan fingerprint density at radius 3 is 2.44 bits per heavy atom. The molecule has 18 heavy (non-hydrogen) atoms. The summed E-state index contributed by atoms with van der Waals surface area (Å²) in [5.41, 5.74) is 1.12. The summed E-state index contributed by atoms with van der Waals surface area (Å²) in [6.07, 6.45) is 0.569. The van der Waals surface area contributed by atoms with E-state index in [1.165, 1.54) is 0 Å². The summed E-state index contributed by atoms with van der Waals surface area (Å²) in [4.78, 5) is 14.1. The third kappa shape index (κ3) is 6.22. The molecule has 100 valence electrons. The number of rotatable bonds is 9. The van der Waals surface area contributed by atoms with Gasteiger partial charge in [0.1, 0.15) is 5.78 Å². The summed E-state index contributed by atoms with van der Waals surface area (Å²) in [7, 11) is 0. The van der Waals surface area contributed by atoms with Gasteiger partial charge in [0.25, 0.3) is 0 Å². The van der Waals surface area contributed by atoms with Gasteiger partial charge in [-0.25, -0.2) is 0 Å². The Morgan fingerprint density at radius 2 is 1.83 bits per heavy atom. The van der Waals surface area contributed by atoms with E-state index in [1.807, 2.05) is 30.3 Å². The number of nitrogens with zero attached hydrogens (tertiary/aromatic N) is 1. The molecule has 0 spiro atoms. The molecule has 0 heterocycles. The van der Waals surface area contributed by atoms with Gasteiger partial charge in [-0.3, -0.25) is 4.79 Å². The lowest BCUT2D eigenvalue weighted by Gasteiger charge is -2.17. The van der Waals surface area contributed by atoms with Gasteiger partial charge in [-0.1, -0.05) is 44.2 Å². The van der Waals surface area contributed by atoms with Crippen LogP contribution in [-0.4, -0.2) is 41.8 Å². The molecule has 0 aromatic heterocycles. The molecule has 0 saturated heterocycles. The number of thioether (sulfide) groups is 1. The van der Waals surface area contributed by atoms with Crippen LogP contribution in [0.4, 0.5) is 0 Å². The Hall–Kier alpha value is -0.800. The summed E-state index contributed by atoms with van der Waals surface area (Å²) < 4.78 is 0. The Balaban J connectivity index is 2.14. The van der Waals surface area contributed by atoms with Crippen LogP contribution >= 0.6 is 11.8 Å². The second kappa shape index (κ2) is 9.17. The average Bonchev–Trinajstić information content (AvgIpc) is 2.40. The Kier molecular flexibility index (Phi) is 7.78. The molecule has 0 aliphatic heterocycles. The molecule has 0 saturated carbocycles. The lowest BCUT2D eigenvalue weighted by atomic mass is 10.1. The van der Waals surface area contributed by atoms with Crippen LogP contribution in [0.2, 0.25) is 0 Å². The molecular formula is C15H23NOS. The van der Waals surface area contributed by atoms with E-state index < -0.39 is 0 Å². The van der Waals surface area contributed by atoms with Crippen molar-refractivity contribution in [1.82, 2.24) is 4.90 Å². The van der Waals surface area contributed by atoms with Gasteiger partial charge < -0.3 is 4.90 Å². The summed E-state index contributed by atoms with van der Waals surface area (Å²) in [5, 5.41) is 0. The fourth-order valence-electron chi connectivity index (χ4n) is 1.79. The second-order valence-corrected chi connectivity index (χ2v) is 5.39. The average molecular weight is 265 g/mol. The molecule has 0 fully saturated rings. The van der Waals surface area contributed by atoms with E-state index in [0.717, 1.165) is 31.0 Å². The van der Waals surface area contributed by atoms with Crippen molar-refractivity contribution in [3.63, 3.8) is 0 Å². The summed E-state index contributed by atoms with van der Waals surface area (Å²) >= 11 is 1.75. The number of Topliss-reactive ketones (excluding diaryl/α,β-unsaturated/α-hetero) is 1. The zero-order valence-electron chi connectivity index (χ0n) is 11.4. The summed E-state index contributed by atoms with van der Waals surface area (Å²) in [6.45, 7) is 7.61. The zero-order valence-corrected chi connectivity index (χ0v) is 12.2. The minimum absolute atomic E-state index is 0.325. The molecule has 0 aliphatic rings. The fourth-order valence-corrected chi connectivity index (χ4v) is 2.66. The van der Waals surface area contributed by atoms with E-state index in [1.54, 1.807) is 11.8 Å². The molecule has 1 aromatic rings. The number of carbonyl (C=O) groups excluding carboxylic acids is 1. The van der Waals surface area contributed by atoms with Crippen LogP contribution in [0, 0.1) is 0 Å². The second-order valence-electron chi connectivity index (χ2n) is 4.28. The highest BCUT2D eigenvalue weighted by Crippen LogP contribution is 2.06. The standard InChI is InChI=1S/C15H23NOS/c1-3-16(4-2)10-11-18-13-15(17)12-14-8-6-5-7-9-14/h5-9H,3-4,10-13H2,1-2H3. The highest BCUT2D eigenvalue weighted by atomic mass is 32.2. The number of hydrogen-bond donors (Lipinski definition) is 0. The molecule has 2 nitrogen and oxygen atoms in total. The zero-order chi connectivity index (χ0) is 13.2. The molecule has 0 radical (unpaired) electrons. The molecule has 0 N–H and O–H groups in total. The van der Waals surface area contributed by atoms with Gasteiger partial charge in [0.2, 0.25) is 0 Å². The first-order valence-corrected chi connectivity index (χ1v) is 7.77. The van der Waals surface area contributed by atoms with Crippen LogP contribution in [-0.2, 0) is 11.2 Å². The number of benzene rings is 1. The molecule has 0 amide bonds. The molecule has 3 heteroatoms. The largest absolute Gasteiger partial charge is 0.303 e. The van der Waals surface area contributed by atoms with Crippen LogP contribution in [0.15, 0.2) is 30.3 Å². The predicted octanol–water partition coefficient (Wildman–Crippen LogP) is 2.87. The fraction of sp³-hybridized carbons (Fsp3) is 0.533. The molecule has 1 aromatic carbocycles. The maximum atomic E-state index is 11.8. The van der Waals surface area contributed by atoms with E-state index >= 15 is 0 Å². The SMILES string of the molecule is CCN(CC)CCSCC(=O)Cc1ccccc1. The van der Waals surface area contributed by atoms with Gasteiger partial charge in [-0.2, -0.15) is 11.8 Å². The molecule has 0 unspecified atom stereocenters. The molecule has 1 rings (SSSR count). The topological polar surface area (TPSA) is 20.3 Å². The van der Waals surface area contributed by atoms with Crippen molar-refractivity contribution in [1.29, 1.82) is 0 Å². The van der Waals surface area contributed by atoms with E-state index in [0.29, 0.717) is 18.0 Å². The first-order chi connectivity index (χ1) is 8.76. The Bertz CT molecular complexity index is 336. The van der Waals surface area contributed by atoms with Crippen molar-refractivity contribution >= 4 is 17.5 Å². The summed E-state index contributed by atoms with van der Waals surface area (Å²) in [6, 6.07) is 9.97. The van der Waals surface area contributed by atoms with Crippen LogP contribution in [0.25, 0.3) is 0 Å². The van der Waals surface area contributed by atoms with Crippen molar-refractivity contribution in [2.75, 3.05) is 31.1 Å². The predicted molar refractivity (Wildman–Crippen MR) is 80.3 cm³/mol. The molecule has 0 aliphatic carbocycles. The van der Waals surface area contributed by atoms with Crippen molar-refractivity contribution in [3.05, 3.63) is 35.9 Å². The Morgan fingerprint density at radius 1 is 1.17 bits per heavy atom. The third-order valence-corrected chi connectivity index (χ3v) is 3.95. The first-order valence-electron chi connectivity index (χ1n) is 6.62. The number of ketones is 1. The first kappa shape index (κ1) is 15.3. The monoisotopic (exact) mass is 265 g/mol. The maximum Gasteiger partial charge on any atom is 0.147 e. The lowest BCUT2D eigenvalue weighted by molar-refractivity contribution is -0.116. The minimum atomic E-state index is 0.325. The van der Waals surface area contributed by atoms with Gasteiger partial charge in [-0.05, 0) is 18.7 Å². The van der Waals surface area contributed by atoms with Crippen LogP contribution in [0.1, 0.15) is 19.4 Å². The van der Waals surface area contributed by atoms with Crippen molar-refractivity contribution in [3.8, 4) is 0 Å². The van der Waals surface area contributed by atoms with Gasteiger partial charge >= 0.3 is 0 Å². The normalized spacial score (nSPS) is 10.8. The highest BCUT2D eigenvalue weighted by molar-refractivity contribution is 7.99. The van der Waals surface area contributed by atoms with E-state index in [-0.39, 0.29) is 0 Å². The van der Waals surface area contributed by atoms with Gasteiger partial charge in [-0.15, -0.1) is 0 Å². The number of carbonyl (C=O) groups is 1. The highest BCUT2D eigenvalue weighted by Gasteiger charge is 2.04. The minimum Gasteiger partial charge on any atom is -0.303 e. The number of hydrogen-bond acceptors (Lipinski definition) is 3. The maximum absolute atomic E-state index is 11.8. The summed E-state index contributed by atoms with van der Waals surface area (Å²) in [5.74, 6) is 2.00. The van der Waals surface area contributed by atoms with Crippen molar-refractivity contribution in [2.45, 2.75) is 20.3 Å². The van der Waals surface area contributed by atoms with E-state index in [9.17, 15) is 4.79 Å². The van der Waals surface area contributed by atoms with Crippen LogP contribution in [0.3, 0.4) is 0 Å². The molecule has 0 bridgehead atoms. The van der Waals surface area contributed by atoms with Gasteiger partial charge in [0.05, 0.1) is 5.75 Å². The Labute approximate surface area is 115 Å².